The summed E-state index contributed by atoms with van der Waals surface area (Å²) in [6, 6.07) is 12.7. The van der Waals surface area contributed by atoms with Gasteiger partial charge in [-0.05, 0) is 43.2 Å². The lowest BCUT2D eigenvalue weighted by Gasteiger charge is -2.15. The first-order valence-electron chi connectivity index (χ1n) is 8.31. The molecule has 0 aliphatic rings. The van der Waals surface area contributed by atoms with Crippen LogP contribution in [0.2, 0.25) is 0 Å². The van der Waals surface area contributed by atoms with Crippen LogP contribution in [0.4, 0.5) is 0 Å². The van der Waals surface area contributed by atoms with Gasteiger partial charge in [-0.15, -0.1) is 0 Å². The third kappa shape index (κ3) is 5.25. The van der Waals surface area contributed by atoms with Gasteiger partial charge in [0.15, 0.2) is 11.5 Å². The Morgan fingerprint density at radius 3 is 2.56 bits per heavy atom. The molecule has 0 spiro atoms. The van der Waals surface area contributed by atoms with Gasteiger partial charge in [-0.25, -0.2) is 4.79 Å². The molecule has 1 N–H and O–H groups in total. The van der Waals surface area contributed by atoms with Gasteiger partial charge < -0.3 is 19.3 Å². The van der Waals surface area contributed by atoms with Crippen molar-refractivity contribution >= 4 is 12.0 Å². The molecule has 2 rings (SSSR count). The SMILES string of the molecule is COc1cccc(C=C(C#N)C(=O)O)c1OCCOc1cc(C)ccc1C. The summed E-state index contributed by atoms with van der Waals surface area (Å²) < 4.78 is 16.8. The predicted octanol–water partition coefficient (Wildman–Crippen LogP) is 3.76. The van der Waals surface area contributed by atoms with Gasteiger partial charge in [-0.3, -0.25) is 0 Å². The van der Waals surface area contributed by atoms with Gasteiger partial charge in [0.25, 0.3) is 0 Å². The van der Waals surface area contributed by atoms with E-state index >= 15 is 0 Å². The van der Waals surface area contributed by atoms with Crippen molar-refractivity contribution in [2.45, 2.75) is 13.8 Å². The van der Waals surface area contributed by atoms with E-state index in [9.17, 15) is 4.79 Å². The molecule has 0 saturated carbocycles. The Morgan fingerprint density at radius 1 is 1.15 bits per heavy atom. The maximum atomic E-state index is 11.1. The second-order valence-electron chi connectivity index (χ2n) is 5.82. The molecule has 2 aromatic rings. The van der Waals surface area contributed by atoms with Crippen LogP contribution < -0.4 is 14.2 Å². The molecule has 0 aliphatic carbocycles. The van der Waals surface area contributed by atoms with Gasteiger partial charge >= 0.3 is 5.97 Å². The Balaban J connectivity index is 2.14. The summed E-state index contributed by atoms with van der Waals surface area (Å²) >= 11 is 0. The maximum Gasteiger partial charge on any atom is 0.346 e. The van der Waals surface area contributed by atoms with E-state index < -0.39 is 5.97 Å². The third-order valence-electron chi connectivity index (χ3n) is 3.81. The normalized spacial score (nSPS) is 10.8. The van der Waals surface area contributed by atoms with Gasteiger partial charge in [-0.1, -0.05) is 24.3 Å². The molecule has 0 amide bonds. The number of methoxy groups -OCH3 is 1. The zero-order chi connectivity index (χ0) is 19.8. The van der Waals surface area contributed by atoms with E-state index in [0.29, 0.717) is 23.7 Å². The van der Waals surface area contributed by atoms with Crippen molar-refractivity contribution in [3.05, 3.63) is 58.7 Å². The fourth-order valence-electron chi connectivity index (χ4n) is 2.42. The highest BCUT2D eigenvalue weighted by atomic mass is 16.5. The third-order valence-corrected chi connectivity index (χ3v) is 3.81. The fraction of sp³-hybridized carbons (Fsp3) is 0.238. The van der Waals surface area contributed by atoms with Crippen LogP contribution in [0.1, 0.15) is 16.7 Å². The minimum absolute atomic E-state index is 0.226. The van der Waals surface area contributed by atoms with Crippen molar-refractivity contribution in [2.24, 2.45) is 0 Å². The average molecular weight is 367 g/mol. The largest absolute Gasteiger partial charge is 0.493 e. The number of carboxylic acid groups (broad SMARTS) is 1. The van der Waals surface area contributed by atoms with Gasteiger partial charge in [0.05, 0.1) is 7.11 Å². The number of hydrogen-bond acceptors (Lipinski definition) is 5. The lowest BCUT2D eigenvalue weighted by molar-refractivity contribution is -0.132. The number of aliphatic carboxylic acids is 1. The minimum atomic E-state index is -1.30. The summed E-state index contributed by atoms with van der Waals surface area (Å²) in [5.41, 5.74) is 2.19. The lowest BCUT2D eigenvalue weighted by Crippen LogP contribution is -2.11. The molecule has 140 valence electrons. The highest BCUT2D eigenvalue weighted by Crippen LogP contribution is 2.32. The van der Waals surface area contributed by atoms with Crippen molar-refractivity contribution in [3.63, 3.8) is 0 Å². The minimum Gasteiger partial charge on any atom is -0.493 e. The molecule has 6 heteroatoms. The van der Waals surface area contributed by atoms with Crippen molar-refractivity contribution in [1.82, 2.24) is 0 Å². The van der Waals surface area contributed by atoms with Crippen LogP contribution in [0.25, 0.3) is 6.08 Å². The lowest BCUT2D eigenvalue weighted by atomic mass is 10.1. The maximum absolute atomic E-state index is 11.1. The van der Waals surface area contributed by atoms with E-state index in [1.165, 1.54) is 13.2 Å². The zero-order valence-corrected chi connectivity index (χ0v) is 15.5. The van der Waals surface area contributed by atoms with Crippen LogP contribution >= 0.6 is 0 Å². The van der Waals surface area contributed by atoms with E-state index in [1.807, 2.05) is 32.0 Å². The van der Waals surface area contributed by atoms with Gasteiger partial charge in [0.2, 0.25) is 0 Å². The summed E-state index contributed by atoms with van der Waals surface area (Å²) in [5.74, 6) is 0.289. The topological polar surface area (TPSA) is 88.8 Å². The Labute approximate surface area is 158 Å². The van der Waals surface area contributed by atoms with E-state index in [-0.39, 0.29) is 12.2 Å². The summed E-state index contributed by atoms with van der Waals surface area (Å²) in [4.78, 5) is 11.1. The first kappa shape index (κ1) is 19.9. The van der Waals surface area contributed by atoms with Crippen molar-refractivity contribution < 1.29 is 24.1 Å². The second kappa shape index (κ2) is 9.30. The van der Waals surface area contributed by atoms with E-state index in [2.05, 4.69) is 0 Å². The fourth-order valence-corrected chi connectivity index (χ4v) is 2.42. The molecular weight excluding hydrogens is 346 g/mol. The van der Waals surface area contributed by atoms with Gasteiger partial charge in [0.1, 0.15) is 30.6 Å². The van der Waals surface area contributed by atoms with Crippen molar-refractivity contribution in [2.75, 3.05) is 20.3 Å². The summed E-state index contributed by atoms with van der Waals surface area (Å²) in [7, 11) is 1.49. The summed E-state index contributed by atoms with van der Waals surface area (Å²) in [5, 5.41) is 18.0. The number of nitrogens with zero attached hydrogens (tertiary/aromatic N) is 1. The number of benzene rings is 2. The predicted molar refractivity (Wildman–Crippen MR) is 101 cm³/mol. The number of nitriles is 1. The Hall–Kier alpha value is -3.46. The second-order valence-corrected chi connectivity index (χ2v) is 5.82. The van der Waals surface area contributed by atoms with Crippen LogP contribution in [-0.2, 0) is 4.79 Å². The van der Waals surface area contributed by atoms with E-state index in [1.54, 1.807) is 24.3 Å². The van der Waals surface area contributed by atoms with Crippen LogP contribution in [0.3, 0.4) is 0 Å². The molecule has 0 radical (unpaired) electrons. The van der Waals surface area contributed by atoms with E-state index in [0.717, 1.165) is 16.9 Å². The summed E-state index contributed by atoms with van der Waals surface area (Å²) in [6.07, 6.45) is 1.26. The Morgan fingerprint density at radius 2 is 1.89 bits per heavy atom. The molecular formula is C21H21NO5. The number of carbonyl (C=O) groups is 1. The number of carboxylic acids is 1. The highest BCUT2D eigenvalue weighted by Gasteiger charge is 2.13. The van der Waals surface area contributed by atoms with Crippen LogP contribution in [-0.4, -0.2) is 31.4 Å². The molecule has 0 fully saturated rings. The Bertz CT molecular complexity index is 896. The number of hydrogen-bond donors (Lipinski definition) is 1. The molecule has 0 atom stereocenters. The average Bonchev–Trinajstić information content (AvgIpc) is 2.65. The molecule has 0 aromatic heterocycles. The quantitative estimate of drug-likeness (QED) is 0.434. The number of ether oxygens (including phenoxy) is 3. The first-order valence-corrected chi connectivity index (χ1v) is 8.31. The van der Waals surface area contributed by atoms with Crippen molar-refractivity contribution in [1.29, 1.82) is 5.26 Å². The Kier molecular flexibility index (Phi) is 6.84. The van der Waals surface area contributed by atoms with Crippen molar-refractivity contribution in [3.8, 4) is 23.3 Å². The van der Waals surface area contributed by atoms with E-state index in [4.69, 9.17) is 24.6 Å². The molecule has 6 nitrogen and oxygen atoms in total. The zero-order valence-electron chi connectivity index (χ0n) is 15.5. The standard InChI is InChI=1S/C21H21NO5/c1-14-7-8-15(2)19(11-14)26-9-10-27-20-16(5-4-6-18(20)25-3)12-17(13-22)21(23)24/h4-8,11-12H,9-10H2,1-3H3,(H,23,24). The first-order chi connectivity index (χ1) is 13.0. The van der Waals surface area contributed by atoms with Crippen LogP contribution in [0, 0.1) is 25.2 Å². The monoisotopic (exact) mass is 367 g/mol. The van der Waals surface area contributed by atoms with Crippen LogP contribution in [0.15, 0.2) is 42.0 Å². The number of para-hydroxylation sites is 1. The smallest absolute Gasteiger partial charge is 0.346 e. The molecule has 0 aliphatic heterocycles. The number of aryl methyl sites for hydroxylation is 2. The van der Waals surface area contributed by atoms with Gasteiger partial charge in [0, 0.05) is 5.56 Å². The molecule has 0 unspecified atom stereocenters. The molecule has 0 saturated heterocycles. The highest BCUT2D eigenvalue weighted by molar-refractivity contribution is 5.97. The van der Waals surface area contributed by atoms with Crippen LogP contribution in [0.5, 0.6) is 17.2 Å². The molecule has 27 heavy (non-hydrogen) atoms. The summed E-state index contributed by atoms with van der Waals surface area (Å²) in [6.45, 7) is 4.48. The molecule has 0 heterocycles. The van der Waals surface area contributed by atoms with Gasteiger partial charge in [-0.2, -0.15) is 5.26 Å². The molecule has 2 aromatic carbocycles. The molecule has 0 bridgehead atoms. The number of rotatable bonds is 8.